The average molecular weight is 291 g/mol. The molecule has 2 N–H and O–H groups in total. The van der Waals surface area contributed by atoms with E-state index >= 15 is 0 Å². The number of ether oxygens (including phenoxy) is 1. The summed E-state index contributed by atoms with van der Waals surface area (Å²) in [6.45, 7) is 5.51. The minimum absolute atomic E-state index is 0.0180. The van der Waals surface area contributed by atoms with Gasteiger partial charge in [0.15, 0.2) is 0 Å². The van der Waals surface area contributed by atoms with Crippen molar-refractivity contribution in [2.75, 3.05) is 26.7 Å². The predicted molar refractivity (Wildman–Crippen MR) is 84.0 cm³/mol. The monoisotopic (exact) mass is 291 g/mol. The molecule has 4 heteroatoms. The number of carbonyl (C=O) groups is 1. The van der Waals surface area contributed by atoms with Crippen molar-refractivity contribution >= 4 is 5.91 Å². The Morgan fingerprint density at radius 2 is 2.29 bits per heavy atom. The Balaban J connectivity index is 1.71. The Morgan fingerprint density at radius 3 is 3.05 bits per heavy atom. The zero-order valence-electron chi connectivity index (χ0n) is 13.2. The van der Waals surface area contributed by atoms with Crippen molar-refractivity contribution in [1.29, 1.82) is 0 Å². The molecule has 1 aliphatic heterocycles. The van der Waals surface area contributed by atoms with Crippen LogP contribution in [0.15, 0.2) is 24.3 Å². The van der Waals surface area contributed by atoms with Crippen molar-refractivity contribution in [3.63, 3.8) is 0 Å². The third kappa shape index (κ3) is 4.74. The Bertz CT molecular complexity index is 462. The number of rotatable bonds is 6. The average Bonchev–Trinajstić information content (AvgIpc) is 2.53. The highest BCUT2D eigenvalue weighted by molar-refractivity contribution is 5.94. The molecule has 1 aromatic rings. The SMILES string of the molecule is COc1cccc(C(=O)NCCC[NH+]2CCCC[C@@H]2C)c1. The summed E-state index contributed by atoms with van der Waals surface area (Å²) in [6, 6.07) is 8.04. The molecule has 4 nitrogen and oxygen atoms in total. The van der Waals surface area contributed by atoms with Gasteiger partial charge in [0.2, 0.25) is 0 Å². The first kappa shape index (κ1) is 15.8. The summed E-state index contributed by atoms with van der Waals surface area (Å²) in [5, 5.41) is 3.00. The molecule has 2 rings (SSSR count). The Hall–Kier alpha value is -1.55. The van der Waals surface area contributed by atoms with E-state index in [1.807, 2.05) is 18.2 Å². The van der Waals surface area contributed by atoms with E-state index in [4.69, 9.17) is 4.74 Å². The van der Waals surface area contributed by atoms with Gasteiger partial charge in [0, 0.05) is 18.5 Å². The highest BCUT2D eigenvalue weighted by Crippen LogP contribution is 2.12. The van der Waals surface area contributed by atoms with Crippen molar-refractivity contribution in [3.8, 4) is 5.75 Å². The second-order valence-electron chi connectivity index (χ2n) is 5.90. The van der Waals surface area contributed by atoms with E-state index in [0.717, 1.165) is 25.6 Å². The van der Waals surface area contributed by atoms with Crippen LogP contribution in [0.4, 0.5) is 0 Å². The van der Waals surface area contributed by atoms with Crippen molar-refractivity contribution < 1.29 is 14.4 Å². The van der Waals surface area contributed by atoms with E-state index in [-0.39, 0.29) is 5.91 Å². The molecule has 1 aliphatic rings. The van der Waals surface area contributed by atoms with Gasteiger partial charge in [0.1, 0.15) is 5.75 Å². The van der Waals surface area contributed by atoms with Gasteiger partial charge in [-0.1, -0.05) is 6.07 Å². The summed E-state index contributed by atoms with van der Waals surface area (Å²) in [5.74, 6) is 0.699. The maximum Gasteiger partial charge on any atom is 0.251 e. The van der Waals surface area contributed by atoms with Gasteiger partial charge in [-0.3, -0.25) is 4.79 Å². The number of piperidine rings is 1. The van der Waals surface area contributed by atoms with Gasteiger partial charge in [-0.05, 0) is 44.4 Å². The zero-order valence-corrected chi connectivity index (χ0v) is 13.2. The summed E-state index contributed by atoms with van der Waals surface area (Å²) in [7, 11) is 1.61. The fraction of sp³-hybridized carbons (Fsp3) is 0.588. The molecule has 0 bridgehead atoms. The number of benzene rings is 1. The molecule has 0 spiro atoms. The van der Waals surface area contributed by atoms with Gasteiger partial charge in [0.05, 0.1) is 26.2 Å². The van der Waals surface area contributed by atoms with Crippen LogP contribution < -0.4 is 15.0 Å². The van der Waals surface area contributed by atoms with Crippen LogP contribution in [0.25, 0.3) is 0 Å². The van der Waals surface area contributed by atoms with Gasteiger partial charge in [-0.15, -0.1) is 0 Å². The topological polar surface area (TPSA) is 42.8 Å². The smallest absolute Gasteiger partial charge is 0.251 e. The highest BCUT2D eigenvalue weighted by atomic mass is 16.5. The molecule has 1 unspecified atom stereocenters. The van der Waals surface area contributed by atoms with Gasteiger partial charge in [-0.2, -0.15) is 0 Å². The third-order valence-corrected chi connectivity index (χ3v) is 4.37. The Kier molecular flexibility index (Phi) is 6.05. The largest absolute Gasteiger partial charge is 0.497 e. The van der Waals surface area contributed by atoms with Crippen LogP contribution in [0.3, 0.4) is 0 Å². The summed E-state index contributed by atoms with van der Waals surface area (Å²) in [4.78, 5) is 13.7. The van der Waals surface area contributed by atoms with E-state index in [1.54, 1.807) is 18.1 Å². The number of quaternary nitrogens is 1. The van der Waals surface area contributed by atoms with Crippen LogP contribution >= 0.6 is 0 Å². The van der Waals surface area contributed by atoms with E-state index in [9.17, 15) is 4.79 Å². The molecule has 0 aliphatic carbocycles. The van der Waals surface area contributed by atoms with Gasteiger partial charge in [0.25, 0.3) is 5.91 Å². The van der Waals surface area contributed by atoms with E-state index in [0.29, 0.717) is 11.3 Å². The maximum atomic E-state index is 12.1. The molecular formula is C17H27N2O2+. The van der Waals surface area contributed by atoms with Crippen LogP contribution in [0.2, 0.25) is 0 Å². The van der Waals surface area contributed by atoms with E-state index in [1.165, 1.54) is 25.8 Å². The lowest BCUT2D eigenvalue weighted by Crippen LogP contribution is -3.16. The second-order valence-corrected chi connectivity index (χ2v) is 5.90. The molecule has 2 atom stereocenters. The summed E-state index contributed by atoms with van der Waals surface area (Å²) in [5.41, 5.74) is 0.660. The summed E-state index contributed by atoms with van der Waals surface area (Å²) >= 11 is 0. The first-order chi connectivity index (χ1) is 10.2. The van der Waals surface area contributed by atoms with Crippen molar-refractivity contribution in [3.05, 3.63) is 29.8 Å². The molecule has 0 radical (unpaired) electrons. The minimum atomic E-state index is -0.0180. The van der Waals surface area contributed by atoms with Crippen LogP contribution in [0, 0.1) is 0 Å². The molecule has 1 fully saturated rings. The molecule has 1 heterocycles. The molecule has 0 aromatic heterocycles. The number of hydrogen-bond acceptors (Lipinski definition) is 2. The van der Waals surface area contributed by atoms with E-state index in [2.05, 4.69) is 12.2 Å². The van der Waals surface area contributed by atoms with Crippen molar-refractivity contribution in [1.82, 2.24) is 5.32 Å². The standard InChI is InChI=1S/C17H26N2O2/c1-14-7-3-4-11-19(14)12-6-10-18-17(20)15-8-5-9-16(13-15)21-2/h5,8-9,13-14H,3-4,6-7,10-12H2,1-2H3,(H,18,20)/p+1/t14-/m0/s1. The van der Waals surface area contributed by atoms with Crippen LogP contribution in [-0.2, 0) is 0 Å². The van der Waals surface area contributed by atoms with Gasteiger partial charge < -0.3 is 15.0 Å². The molecule has 1 saturated heterocycles. The Morgan fingerprint density at radius 1 is 1.43 bits per heavy atom. The highest BCUT2D eigenvalue weighted by Gasteiger charge is 2.20. The van der Waals surface area contributed by atoms with Crippen molar-refractivity contribution in [2.45, 2.75) is 38.6 Å². The van der Waals surface area contributed by atoms with Crippen LogP contribution in [-0.4, -0.2) is 38.7 Å². The fourth-order valence-corrected chi connectivity index (χ4v) is 3.01. The molecule has 116 valence electrons. The zero-order chi connectivity index (χ0) is 15.1. The predicted octanol–water partition coefficient (Wildman–Crippen LogP) is 1.27. The number of carbonyl (C=O) groups excluding carboxylic acids is 1. The van der Waals surface area contributed by atoms with Gasteiger partial charge in [-0.25, -0.2) is 0 Å². The first-order valence-corrected chi connectivity index (χ1v) is 7.97. The lowest BCUT2D eigenvalue weighted by Gasteiger charge is -2.30. The van der Waals surface area contributed by atoms with E-state index < -0.39 is 0 Å². The molecule has 21 heavy (non-hydrogen) atoms. The van der Waals surface area contributed by atoms with Crippen LogP contribution in [0.1, 0.15) is 43.0 Å². The molecule has 1 amide bonds. The number of nitrogens with one attached hydrogen (secondary N) is 2. The fourth-order valence-electron chi connectivity index (χ4n) is 3.01. The van der Waals surface area contributed by atoms with Crippen molar-refractivity contribution in [2.24, 2.45) is 0 Å². The minimum Gasteiger partial charge on any atom is -0.497 e. The van der Waals surface area contributed by atoms with Crippen LogP contribution in [0.5, 0.6) is 5.75 Å². The second kappa shape index (κ2) is 8.03. The lowest BCUT2D eigenvalue weighted by atomic mass is 10.0. The molecule has 1 aromatic carbocycles. The molecule has 0 saturated carbocycles. The summed E-state index contributed by atoms with van der Waals surface area (Å²) in [6.07, 6.45) is 5.09. The first-order valence-electron chi connectivity index (χ1n) is 7.97. The number of likely N-dealkylation sites (tertiary alicyclic amines) is 1. The third-order valence-electron chi connectivity index (χ3n) is 4.37. The normalized spacial score (nSPS) is 21.8. The number of hydrogen-bond donors (Lipinski definition) is 2. The lowest BCUT2D eigenvalue weighted by molar-refractivity contribution is -0.928. The molecular weight excluding hydrogens is 264 g/mol. The summed E-state index contributed by atoms with van der Waals surface area (Å²) < 4.78 is 5.14. The maximum absolute atomic E-state index is 12.1. The Labute approximate surface area is 127 Å². The van der Waals surface area contributed by atoms with Gasteiger partial charge >= 0.3 is 0 Å². The number of methoxy groups -OCH3 is 1. The quantitative estimate of drug-likeness (QED) is 0.775. The number of amides is 1.